The van der Waals surface area contributed by atoms with Crippen molar-refractivity contribution >= 4 is 34.6 Å². The van der Waals surface area contributed by atoms with Crippen LogP contribution in [-0.2, 0) is 4.79 Å². The van der Waals surface area contributed by atoms with Crippen molar-refractivity contribution in [2.24, 2.45) is 5.92 Å². The number of rotatable bonds is 5. The van der Waals surface area contributed by atoms with E-state index in [1.165, 1.54) is 37.0 Å². The van der Waals surface area contributed by atoms with E-state index in [9.17, 15) is 4.79 Å². The highest BCUT2D eigenvalue weighted by molar-refractivity contribution is 7.71. The molecule has 1 saturated carbocycles. The first-order valence-electron chi connectivity index (χ1n) is 7.61. The van der Waals surface area contributed by atoms with Crippen molar-refractivity contribution < 1.29 is 4.79 Å². The SMILES string of the molecule is O=C(Nc1nccs1)C(CC1CCCC1)c1ccc(=S)[nH]c1. The van der Waals surface area contributed by atoms with E-state index in [-0.39, 0.29) is 11.8 Å². The fraction of sp³-hybridized carbons (Fsp3) is 0.438. The summed E-state index contributed by atoms with van der Waals surface area (Å²) in [5.74, 6) is 0.501. The minimum Gasteiger partial charge on any atom is -0.353 e. The summed E-state index contributed by atoms with van der Waals surface area (Å²) in [5, 5.41) is 5.46. The number of aromatic nitrogens is 2. The predicted molar refractivity (Wildman–Crippen MR) is 91.7 cm³/mol. The van der Waals surface area contributed by atoms with Crippen LogP contribution in [0.5, 0.6) is 0 Å². The van der Waals surface area contributed by atoms with Gasteiger partial charge in [-0.2, -0.15) is 0 Å². The molecule has 0 bridgehead atoms. The van der Waals surface area contributed by atoms with Gasteiger partial charge in [0.15, 0.2) is 5.13 Å². The zero-order valence-electron chi connectivity index (χ0n) is 12.2. The van der Waals surface area contributed by atoms with Crippen molar-refractivity contribution in [2.75, 3.05) is 5.32 Å². The quantitative estimate of drug-likeness (QED) is 0.792. The molecule has 0 radical (unpaired) electrons. The first-order chi connectivity index (χ1) is 10.7. The second-order valence-corrected chi connectivity index (χ2v) is 7.09. The van der Waals surface area contributed by atoms with Crippen LogP contribution in [0.2, 0.25) is 0 Å². The summed E-state index contributed by atoms with van der Waals surface area (Å²) >= 11 is 6.54. The molecule has 0 aliphatic heterocycles. The van der Waals surface area contributed by atoms with Crippen molar-refractivity contribution in [1.29, 1.82) is 0 Å². The smallest absolute Gasteiger partial charge is 0.233 e. The van der Waals surface area contributed by atoms with Crippen LogP contribution < -0.4 is 5.32 Å². The molecule has 0 spiro atoms. The molecule has 1 amide bonds. The van der Waals surface area contributed by atoms with Gasteiger partial charge in [-0.15, -0.1) is 11.3 Å². The summed E-state index contributed by atoms with van der Waals surface area (Å²) in [6.45, 7) is 0. The van der Waals surface area contributed by atoms with E-state index >= 15 is 0 Å². The summed E-state index contributed by atoms with van der Waals surface area (Å²) in [4.78, 5) is 19.9. The first kappa shape index (κ1) is 15.4. The monoisotopic (exact) mass is 333 g/mol. The molecule has 1 atom stereocenters. The molecule has 2 N–H and O–H groups in total. The van der Waals surface area contributed by atoms with Crippen LogP contribution in [0.3, 0.4) is 0 Å². The zero-order valence-corrected chi connectivity index (χ0v) is 13.9. The highest BCUT2D eigenvalue weighted by Gasteiger charge is 2.27. The van der Waals surface area contributed by atoms with Gasteiger partial charge < -0.3 is 10.3 Å². The topological polar surface area (TPSA) is 57.8 Å². The van der Waals surface area contributed by atoms with Gasteiger partial charge in [0.1, 0.15) is 4.64 Å². The van der Waals surface area contributed by atoms with Crippen molar-refractivity contribution in [1.82, 2.24) is 9.97 Å². The second-order valence-electron chi connectivity index (χ2n) is 5.75. The molecule has 4 nitrogen and oxygen atoms in total. The Hall–Kier alpha value is -1.53. The standard InChI is InChI=1S/C16H19N3OS2/c20-15(19-16-17-7-8-22-16)13(9-11-3-1-2-4-11)12-5-6-14(21)18-10-12/h5-8,10-11,13H,1-4,9H2,(H,18,21)(H,17,19,20). The van der Waals surface area contributed by atoms with E-state index in [1.54, 1.807) is 6.20 Å². The molecule has 22 heavy (non-hydrogen) atoms. The summed E-state index contributed by atoms with van der Waals surface area (Å²) < 4.78 is 0.684. The fourth-order valence-electron chi connectivity index (χ4n) is 3.09. The average molecular weight is 333 g/mol. The third-order valence-corrected chi connectivity index (χ3v) is 5.18. The number of amides is 1. The summed E-state index contributed by atoms with van der Waals surface area (Å²) in [6.07, 6.45) is 9.47. The van der Waals surface area contributed by atoms with Crippen LogP contribution in [0.1, 0.15) is 43.6 Å². The Balaban J connectivity index is 1.79. The molecular weight excluding hydrogens is 314 g/mol. The molecule has 6 heteroatoms. The molecule has 2 aromatic rings. The van der Waals surface area contributed by atoms with E-state index < -0.39 is 0 Å². The highest BCUT2D eigenvalue weighted by Crippen LogP contribution is 2.34. The van der Waals surface area contributed by atoms with Crippen LogP contribution in [0, 0.1) is 10.6 Å². The van der Waals surface area contributed by atoms with Gasteiger partial charge in [-0.05, 0) is 24.0 Å². The lowest BCUT2D eigenvalue weighted by molar-refractivity contribution is -0.118. The van der Waals surface area contributed by atoms with Gasteiger partial charge >= 0.3 is 0 Å². The van der Waals surface area contributed by atoms with E-state index in [2.05, 4.69) is 15.3 Å². The number of hydrogen-bond donors (Lipinski definition) is 2. The summed E-state index contributed by atoms with van der Waals surface area (Å²) in [7, 11) is 0. The minimum atomic E-state index is -0.154. The van der Waals surface area contributed by atoms with Gasteiger partial charge in [0, 0.05) is 17.8 Å². The van der Waals surface area contributed by atoms with Crippen LogP contribution in [0.4, 0.5) is 5.13 Å². The van der Waals surface area contributed by atoms with Gasteiger partial charge in [-0.3, -0.25) is 4.79 Å². The van der Waals surface area contributed by atoms with Crippen molar-refractivity contribution in [2.45, 2.75) is 38.0 Å². The Morgan fingerprint density at radius 1 is 1.45 bits per heavy atom. The van der Waals surface area contributed by atoms with Crippen LogP contribution >= 0.6 is 23.6 Å². The van der Waals surface area contributed by atoms with Crippen LogP contribution in [-0.4, -0.2) is 15.9 Å². The molecule has 1 unspecified atom stereocenters. The number of nitrogens with one attached hydrogen (secondary N) is 2. The Labute approximate surface area is 139 Å². The number of nitrogens with zero attached hydrogens (tertiary/aromatic N) is 1. The van der Waals surface area contributed by atoms with E-state index in [1.807, 2.05) is 23.7 Å². The molecule has 1 aliphatic rings. The number of anilines is 1. The Bertz CT molecular complexity index is 654. The van der Waals surface area contributed by atoms with Crippen molar-refractivity contribution in [3.05, 3.63) is 40.1 Å². The normalized spacial score (nSPS) is 16.5. The number of carbonyl (C=O) groups is 1. The van der Waals surface area contributed by atoms with Crippen molar-refractivity contribution in [3.8, 4) is 0 Å². The third kappa shape index (κ3) is 3.81. The molecule has 116 valence electrons. The van der Waals surface area contributed by atoms with E-state index in [0.717, 1.165) is 12.0 Å². The maximum absolute atomic E-state index is 12.7. The van der Waals surface area contributed by atoms with Crippen molar-refractivity contribution in [3.63, 3.8) is 0 Å². The second kappa shape index (κ2) is 7.15. The molecular formula is C16H19N3OS2. The number of carbonyl (C=O) groups excluding carboxylic acids is 1. The predicted octanol–water partition coefficient (Wildman–Crippen LogP) is 4.50. The van der Waals surface area contributed by atoms with Gasteiger partial charge in [0.25, 0.3) is 0 Å². The number of pyridine rings is 1. The van der Waals surface area contributed by atoms with Crippen LogP contribution in [0.15, 0.2) is 29.9 Å². The van der Waals surface area contributed by atoms with E-state index in [0.29, 0.717) is 15.7 Å². The van der Waals surface area contributed by atoms with Gasteiger partial charge in [0.05, 0.1) is 5.92 Å². The van der Waals surface area contributed by atoms with Crippen LogP contribution in [0.25, 0.3) is 0 Å². The number of hydrogen-bond acceptors (Lipinski definition) is 4. The number of H-pyrrole nitrogens is 1. The lowest BCUT2D eigenvalue weighted by Gasteiger charge is -2.19. The van der Waals surface area contributed by atoms with Gasteiger partial charge in [-0.25, -0.2) is 4.98 Å². The Kier molecular flexibility index (Phi) is 5.00. The average Bonchev–Trinajstić information content (AvgIpc) is 3.19. The number of aromatic amines is 1. The molecule has 1 fully saturated rings. The Morgan fingerprint density at radius 2 is 2.27 bits per heavy atom. The number of thiazole rings is 1. The first-order valence-corrected chi connectivity index (χ1v) is 8.90. The molecule has 2 aromatic heterocycles. The summed E-state index contributed by atoms with van der Waals surface area (Å²) in [5.41, 5.74) is 0.995. The maximum Gasteiger partial charge on any atom is 0.233 e. The fourth-order valence-corrected chi connectivity index (χ4v) is 3.75. The molecule has 0 saturated heterocycles. The molecule has 1 aliphatic carbocycles. The van der Waals surface area contributed by atoms with Gasteiger partial charge in [-0.1, -0.05) is 44.0 Å². The minimum absolute atomic E-state index is 0.0207. The molecule has 3 rings (SSSR count). The lowest BCUT2D eigenvalue weighted by atomic mass is 9.88. The largest absolute Gasteiger partial charge is 0.353 e. The lowest BCUT2D eigenvalue weighted by Crippen LogP contribution is -2.23. The maximum atomic E-state index is 12.7. The summed E-state index contributed by atoms with van der Waals surface area (Å²) in [6, 6.07) is 3.81. The highest BCUT2D eigenvalue weighted by atomic mass is 32.1. The Morgan fingerprint density at radius 3 is 2.91 bits per heavy atom. The van der Waals surface area contributed by atoms with Gasteiger partial charge in [0.2, 0.25) is 5.91 Å². The molecule has 0 aromatic carbocycles. The third-order valence-electron chi connectivity index (χ3n) is 4.23. The van der Waals surface area contributed by atoms with E-state index in [4.69, 9.17) is 12.2 Å². The zero-order chi connectivity index (χ0) is 15.4. The molecule has 2 heterocycles.